The van der Waals surface area contributed by atoms with Gasteiger partial charge in [0.15, 0.2) is 0 Å². The van der Waals surface area contributed by atoms with Crippen LogP contribution in [0.3, 0.4) is 0 Å². The molecule has 16 heavy (non-hydrogen) atoms. The number of benzene rings is 1. The molecule has 3 heteroatoms. The Morgan fingerprint density at radius 3 is 2.31 bits per heavy atom. The lowest BCUT2D eigenvalue weighted by molar-refractivity contribution is -0.0579. The Morgan fingerprint density at radius 1 is 1.19 bits per heavy atom. The maximum atomic E-state index is 10.6. The van der Waals surface area contributed by atoms with Gasteiger partial charge in [-0.3, -0.25) is 0 Å². The predicted octanol–water partition coefficient (Wildman–Crippen LogP) is 2.03. The number of aliphatic hydroxyl groups is 1. The van der Waals surface area contributed by atoms with E-state index in [4.69, 9.17) is 4.74 Å². The second-order valence-corrected chi connectivity index (χ2v) is 4.58. The summed E-state index contributed by atoms with van der Waals surface area (Å²) in [6, 6.07) is 6.79. The number of rotatable bonds is 2. The Hall–Kier alpha value is -1.06. The molecule has 88 valence electrons. The summed E-state index contributed by atoms with van der Waals surface area (Å²) >= 11 is 0. The zero-order valence-electron chi connectivity index (χ0n) is 9.52. The highest BCUT2D eigenvalue weighted by Gasteiger charge is 2.34. The molecule has 2 rings (SSSR count). The number of phenolic OH excluding ortho intramolecular Hbond substituents is 1. The predicted molar refractivity (Wildman–Crippen MR) is 61.2 cm³/mol. The first kappa shape index (κ1) is 11.4. The van der Waals surface area contributed by atoms with E-state index in [1.165, 1.54) is 0 Å². The van der Waals surface area contributed by atoms with E-state index in [-0.39, 0.29) is 11.7 Å². The first-order chi connectivity index (χ1) is 7.60. The van der Waals surface area contributed by atoms with Crippen molar-refractivity contribution in [2.75, 3.05) is 13.2 Å². The summed E-state index contributed by atoms with van der Waals surface area (Å²) in [4.78, 5) is 0. The van der Waals surface area contributed by atoms with Crippen molar-refractivity contribution in [2.24, 2.45) is 5.92 Å². The lowest BCUT2D eigenvalue weighted by Crippen LogP contribution is -2.35. The molecule has 1 heterocycles. The summed E-state index contributed by atoms with van der Waals surface area (Å²) in [6.07, 6.45) is 1.77. The van der Waals surface area contributed by atoms with E-state index >= 15 is 0 Å². The molecule has 1 aromatic carbocycles. The lowest BCUT2D eigenvalue weighted by atomic mass is 9.78. The Labute approximate surface area is 95.7 Å². The van der Waals surface area contributed by atoms with Crippen molar-refractivity contribution >= 4 is 0 Å². The van der Waals surface area contributed by atoms with Gasteiger partial charge in [0.05, 0.1) is 5.60 Å². The number of hydrogen-bond acceptors (Lipinski definition) is 3. The van der Waals surface area contributed by atoms with Crippen molar-refractivity contribution in [3.8, 4) is 5.75 Å². The Balaban J connectivity index is 2.19. The maximum absolute atomic E-state index is 10.6. The summed E-state index contributed by atoms with van der Waals surface area (Å²) < 4.78 is 5.30. The highest BCUT2D eigenvalue weighted by molar-refractivity contribution is 5.30. The minimum atomic E-state index is -0.836. The van der Waals surface area contributed by atoms with Crippen LogP contribution in [-0.2, 0) is 10.3 Å². The van der Waals surface area contributed by atoms with E-state index in [0.717, 1.165) is 31.6 Å². The molecule has 1 unspecified atom stereocenters. The lowest BCUT2D eigenvalue weighted by Gasteiger charge is -2.36. The van der Waals surface area contributed by atoms with Gasteiger partial charge >= 0.3 is 0 Å². The van der Waals surface area contributed by atoms with Crippen LogP contribution in [0.15, 0.2) is 24.3 Å². The zero-order chi connectivity index (χ0) is 11.6. The zero-order valence-corrected chi connectivity index (χ0v) is 9.52. The van der Waals surface area contributed by atoms with Crippen LogP contribution in [0.1, 0.15) is 25.3 Å². The van der Waals surface area contributed by atoms with Gasteiger partial charge in [0.1, 0.15) is 5.75 Å². The second-order valence-electron chi connectivity index (χ2n) is 4.58. The van der Waals surface area contributed by atoms with E-state index in [9.17, 15) is 10.2 Å². The Bertz CT molecular complexity index is 337. The maximum Gasteiger partial charge on any atom is 0.115 e. The average Bonchev–Trinajstić information content (AvgIpc) is 2.31. The van der Waals surface area contributed by atoms with Crippen molar-refractivity contribution in [3.05, 3.63) is 29.8 Å². The molecule has 1 saturated heterocycles. The fourth-order valence-electron chi connectivity index (χ4n) is 2.29. The van der Waals surface area contributed by atoms with Crippen molar-refractivity contribution in [1.82, 2.24) is 0 Å². The summed E-state index contributed by atoms with van der Waals surface area (Å²) in [5, 5.41) is 19.8. The standard InChI is InChI=1S/C13H18O3/c1-13(15,11-6-8-16-9-7-11)10-2-4-12(14)5-3-10/h2-5,11,14-15H,6-9H2,1H3. The SMILES string of the molecule is CC(O)(c1ccc(O)cc1)C1CCOCC1. The molecule has 1 fully saturated rings. The van der Waals surface area contributed by atoms with Gasteiger partial charge in [-0.15, -0.1) is 0 Å². The van der Waals surface area contributed by atoms with E-state index in [2.05, 4.69) is 0 Å². The van der Waals surface area contributed by atoms with Crippen LogP contribution in [-0.4, -0.2) is 23.4 Å². The second kappa shape index (κ2) is 4.44. The Morgan fingerprint density at radius 2 is 1.75 bits per heavy atom. The minimum Gasteiger partial charge on any atom is -0.508 e. The van der Waals surface area contributed by atoms with Gasteiger partial charge < -0.3 is 14.9 Å². The van der Waals surface area contributed by atoms with E-state index in [1.54, 1.807) is 24.3 Å². The third kappa shape index (κ3) is 2.20. The fourth-order valence-corrected chi connectivity index (χ4v) is 2.29. The van der Waals surface area contributed by atoms with Gasteiger partial charge in [-0.1, -0.05) is 12.1 Å². The van der Waals surface area contributed by atoms with E-state index in [1.807, 2.05) is 6.92 Å². The van der Waals surface area contributed by atoms with Crippen LogP contribution in [0.25, 0.3) is 0 Å². The van der Waals surface area contributed by atoms with E-state index in [0.29, 0.717) is 0 Å². The topological polar surface area (TPSA) is 49.7 Å². The summed E-state index contributed by atoms with van der Waals surface area (Å²) in [5.74, 6) is 0.456. The van der Waals surface area contributed by atoms with Crippen molar-refractivity contribution in [2.45, 2.75) is 25.4 Å². The van der Waals surface area contributed by atoms with Gasteiger partial charge in [0, 0.05) is 13.2 Å². The molecule has 0 bridgehead atoms. The van der Waals surface area contributed by atoms with Gasteiger partial charge in [0.2, 0.25) is 0 Å². The molecule has 2 N–H and O–H groups in total. The van der Waals surface area contributed by atoms with Gasteiger partial charge in [0.25, 0.3) is 0 Å². The molecule has 0 radical (unpaired) electrons. The summed E-state index contributed by atoms with van der Waals surface area (Å²) in [5.41, 5.74) is 0.0227. The number of phenols is 1. The summed E-state index contributed by atoms with van der Waals surface area (Å²) in [7, 11) is 0. The smallest absolute Gasteiger partial charge is 0.115 e. The minimum absolute atomic E-state index is 0.228. The monoisotopic (exact) mass is 222 g/mol. The highest BCUT2D eigenvalue weighted by Crippen LogP contribution is 2.36. The van der Waals surface area contributed by atoms with Gasteiger partial charge in [-0.25, -0.2) is 0 Å². The average molecular weight is 222 g/mol. The normalized spacial score (nSPS) is 21.6. The highest BCUT2D eigenvalue weighted by atomic mass is 16.5. The molecule has 1 aliphatic rings. The van der Waals surface area contributed by atoms with Gasteiger partial charge in [-0.05, 0) is 43.4 Å². The number of ether oxygens (including phenoxy) is 1. The van der Waals surface area contributed by atoms with Crippen LogP contribution in [0, 0.1) is 5.92 Å². The molecule has 0 amide bonds. The van der Waals surface area contributed by atoms with Crippen LogP contribution >= 0.6 is 0 Å². The van der Waals surface area contributed by atoms with Crippen LogP contribution in [0.5, 0.6) is 5.75 Å². The van der Waals surface area contributed by atoms with Crippen molar-refractivity contribution in [3.63, 3.8) is 0 Å². The van der Waals surface area contributed by atoms with Gasteiger partial charge in [-0.2, -0.15) is 0 Å². The molecular weight excluding hydrogens is 204 g/mol. The molecule has 1 aliphatic heterocycles. The molecule has 0 spiro atoms. The molecular formula is C13H18O3. The van der Waals surface area contributed by atoms with Crippen LogP contribution < -0.4 is 0 Å². The number of aromatic hydroxyl groups is 1. The third-order valence-corrected chi connectivity index (χ3v) is 3.47. The molecule has 0 saturated carbocycles. The largest absolute Gasteiger partial charge is 0.508 e. The quantitative estimate of drug-likeness (QED) is 0.805. The van der Waals surface area contributed by atoms with Crippen LogP contribution in [0.4, 0.5) is 0 Å². The third-order valence-electron chi connectivity index (χ3n) is 3.47. The number of hydrogen-bond donors (Lipinski definition) is 2. The molecule has 0 aromatic heterocycles. The summed E-state index contributed by atoms with van der Waals surface area (Å²) in [6.45, 7) is 3.28. The van der Waals surface area contributed by atoms with Crippen LogP contribution in [0.2, 0.25) is 0 Å². The van der Waals surface area contributed by atoms with Crippen molar-refractivity contribution < 1.29 is 14.9 Å². The molecule has 3 nitrogen and oxygen atoms in total. The molecule has 0 aliphatic carbocycles. The molecule has 1 aromatic rings. The fraction of sp³-hybridized carbons (Fsp3) is 0.538. The van der Waals surface area contributed by atoms with E-state index < -0.39 is 5.60 Å². The van der Waals surface area contributed by atoms with Crippen molar-refractivity contribution in [1.29, 1.82) is 0 Å². The first-order valence-corrected chi connectivity index (χ1v) is 5.70. The molecule has 1 atom stereocenters. The Kier molecular flexibility index (Phi) is 3.17. The first-order valence-electron chi connectivity index (χ1n) is 5.70.